The number of amides is 2. The Bertz CT molecular complexity index is 712. The number of rotatable bonds is 4. The Morgan fingerprint density at radius 3 is 2.58 bits per heavy atom. The number of hydrogen-bond acceptors (Lipinski definition) is 3. The Morgan fingerprint density at radius 1 is 1.17 bits per heavy atom. The van der Waals surface area contributed by atoms with E-state index in [-0.39, 0.29) is 24.0 Å². The van der Waals surface area contributed by atoms with Crippen molar-refractivity contribution in [1.29, 1.82) is 0 Å². The highest BCUT2D eigenvalue weighted by molar-refractivity contribution is 7.12. The molecule has 5 nitrogen and oxygen atoms in total. The topological polar surface area (TPSA) is 53.9 Å². The number of nitrogens with zero attached hydrogens (tertiary/aromatic N) is 1. The molecule has 7 heteroatoms. The van der Waals surface area contributed by atoms with Crippen molar-refractivity contribution >= 4 is 28.8 Å². The molecule has 1 aliphatic rings. The van der Waals surface area contributed by atoms with Crippen LogP contribution in [0.2, 0.25) is 0 Å². The van der Waals surface area contributed by atoms with Gasteiger partial charge in [-0.2, -0.15) is 0 Å². The van der Waals surface area contributed by atoms with Crippen LogP contribution in [-0.4, -0.2) is 49.4 Å². The van der Waals surface area contributed by atoms with Crippen molar-refractivity contribution in [2.45, 2.75) is 0 Å². The normalized spacial score (nSPS) is 15.3. The predicted molar refractivity (Wildman–Crippen MR) is 90.8 cm³/mol. The molecular weight excluding hydrogens is 329 g/mol. The van der Waals surface area contributed by atoms with Gasteiger partial charge in [0.05, 0.1) is 36.7 Å². The molecule has 0 unspecified atom stereocenters. The smallest absolute Gasteiger partial charge is 0.279 e. The number of anilines is 1. The zero-order chi connectivity index (χ0) is 16.9. The SMILES string of the molecule is O=C(C[NH+]1CCN(C(=O)c2cccs2)CC1)Nc1ccccc1F. The fourth-order valence-electron chi connectivity index (χ4n) is 2.74. The van der Waals surface area contributed by atoms with Crippen LogP contribution < -0.4 is 10.2 Å². The molecule has 0 saturated carbocycles. The van der Waals surface area contributed by atoms with E-state index in [1.54, 1.807) is 18.2 Å². The molecule has 3 rings (SSSR count). The maximum atomic E-state index is 13.5. The second-order valence-electron chi connectivity index (χ2n) is 5.72. The Kier molecular flexibility index (Phi) is 5.22. The zero-order valence-electron chi connectivity index (χ0n) is 13.1. The number of benzene rings is 1. The van der Waals surface area contributed by atoms with Crippen LogP contribution in [0.15, 0.2) is 41.8 Å². The molecule has 0 bridgehead atoms. The van der Waals surface area contributed by atoms with E-state index in [0.29, 0.717) is 26.2 Å². The second-order valence-corrected chi connectivity index (χ2v) is 6.67. The summed E-state index contributed by atoms with van der Waals surface area (Å²) in [6.45, 7) is 2.94. The molecule has 1 aliphatic heterocycles. The maximum absolute atomic E-state index is 13.5. The molecule has 2 N–H and O–H groups in total. The first-order valence-corrected chi connectivity index (χ1v) is 8.72. The Labute approximate surface area is 143 Å². The summed E-state index contributed by atoms with van der Waals surface area (Å²) in [5.74, 6) is -0.597. The van der Waals surface area contributed by atoms with Crippen molar-refractivity contribution in [3.63, 3.8) is 0 Å². The van der Waals surface area contributed by atoms with Gasteiger partial charge in [0.15, 0.2) is 6.54 Å². The van der Waals surface area contributed by atoms with Gasteiger partial charge in [0.25, 0.3) is 11.8 Å². The molecule has 2 aromatic rings. The maximum Gasteiger partial charge on any atom is 0.279 e. The summed E-state index contributed by atoms with van der Waals surface area (Å²) < 4.78 is 13.5. The van der Waals surface area contributed by atoms with E-state index in [2.05, 4.69) is 5.32 Å². The van der Waals surface area contributed by atoms with Crippen molar-refractivity contribution in [2.24, 2.45) is 0 Å². The second kappa shape index (κ2) is 7.55. The van der Waals surface area contributed by atoms with E-state index >= 15 is 0 Å². The van der Waals surface area contributed by atoms with Crippen LogP contribution >= 0.6 is 11.3 Å². The van der Waals surface area contributed by atoms with E-state index in [0.717, 1.165) is 9.78 Å². The summed E-state index contributed by atoms with van der Waals surface area (Å²) in [5.41, 5.74) is 0.202. The first-order valence-electron chi connectivity index (χ1n) is 7.84. The minimum atomic E-state index is -0.438. The highest BCUT2D eigenvalue weighted by Gasteiger charge is 2.26. The third kappa shape index (κ3) is 3.98. The van der Waals surface area contributed by atoms with Crippen molar-refractivity contribution in [3.05, 3.63) is 52.5 Å². The third-order valence-corrected chi connectivity index (χ3v) is 4.91. The molecular formula is C17H19FN3O2S+. The van der Waals surface area contributed by atoms with E-state index in [1.807, 2.05) is 22.4 Å². The summed E-state index contributed by atoms with van der Waals surface area (Å²) in [5, 5.41) is 4.49. The van der Waals surface area contributed by atoms with E-state index in [1.165, 1.54) is 17.4 Å². The van der Waals surface area contributed by atoms with Crippen LogP contribution in [0.3, 0.4) is 0 Å². The number of halogens is 1. The Balaban J connectivity index is 1.48. The van der Waals surface area contributed by atoms with Crippen LogP contribution in [-0.2, 0) is 4.79 Å². The fraction of sp³-hybridized carbons (Fsp3) is 0.294. The summed E-state index contributed by atoms with van der Waals surface area (Å²) in [7, 11) is 0. The van der Waals surface area contributed by atoms with Crippen LogP contribution in [0.25, 0.3) is 0 Å². The number of piperazine rings is 1. The average molecular weight is 348 g/mol. The molecule has 0 radical (unpaired) electrons. The minimum absolute atomic E-state index is 0.0554. The molecule has 2 heterocycles. The molecule has 0 atom stereocenters. The van der Waals surface area contributed by atoms with Gasteiger partial charge >= 0.3 is 0 Å². The molecule has 1 saturated heterocycles. The summed E-state index contributed by atoms with van der Waals surface area (Å²) >= 11 is 1.44. The van der Waals surface area contributed by atoms with Gasteiger partial charge in [-0.3, -0.25) is 9.59 Å². The fourth-order valence-corrected chi connectivity index (χ4v) is 3.43. The van der Waals surface area contributed by atoms with Crippen molar-refractivity contribution < 1.29 is 18.9 Å². The average Bonchev–Trinajstić information content (AvgIpc) is 3.11. The lowest BCUT2D eigenvalue weighted by molar-refractivity contribution is -0.895. The van der Waals surface area contributed by atoms with Crippen molar-refractivity contribution in [3.8, 4) is 0 Å². The number of para-hydroxylation sites is 1. The van der Waals surface area contributed by atoms with E-state index in [4.69, 9.17) is 0 Å². The lowest BCUT2D eigenvalue weighted by Gasteiger charge is -2.31. The minimum Gasteiger partial charge on any atom is -0.327 e. The van der Waals surface area contributed by atoms with Crippen LogP contribution in [0, 0.1) is 5.82 Å². The molecule has 126 valence electrons. The van der Waals surface area contributed by atoms with E-state index < -0.39 is 5.82 Å². The number of hydrogen-bond donors (Lipinski definition) is 2. The van der Waals surface area contributed by atoms with Gasteiger partial charge < -0.3 is 15.1 Å². The summed E-state index contributed by atoms with van der Waals surface area (Å²) in [4.78, 5) is 28.0. The van der Waals surface area contributed by atoms with Gasteiger partial charge in [0.1, 0.15) is 5.82 Å². The standard InChI is InChI=1S/C17H18FN3O2S/c18-13-4-1-2-5-14(13)19-16(22)12-20-7-9-21(10-8-20)17(23)15-6-3-11-24-15/h1-6,11H,7-10,12H2,(H,19,22)/p+1. The summed E-state index contributed by atoms with van der Waals surface area (Å²) in [6.07, 6.45) is 0. The quantitative estimate of drug-likeness (QED) is 0.861. The Morgan fingerprint density at radius 2 is 1.92 bits per heavy atom. The Hall–Kier alpha value is -2.25. The molecule has 1 aromatic carbocycles. The summed E-state index contributed by atoms with van der Waals surface area (Å²) in [6, 6.07) is 9.82. The predicted octanol–water partition coefficient (Wildman–Crippen LogP) is 0.867. The molecule has 1 fully saturated rings. The molecule has 2 amide bonds. The van der Waals surface area contributed by atoms with Crippen LogP contribution in [0.5, 0.6) is 0 Å². The van der Waals surface area contributed by atoms with E-state index in [9.17, 15) is 14.0 Å². The first kappa shape index (κ1) is 16.6. The van der Waals surface area contributed by atoms with Crippen molar-refractivity contribution in [2.75, 3.05) is 38.0 Å². The lowest BCUT2D eigenvalue weighted by atomic mass is 10.2. The van der Waals surface area contributed by atoms with Crippen LogP contribution in [0.1, 0.15) is 9.67 Å². The monoisotopic (exact) mass is 348 g/mol. The van der Waals surface area contributed by atoms with Gasteiger partial charge in [-0.25, -0.2) is 4.39 Å². The highest BCUT2D eigenvalue weighted by Crippen LogP contribution is 2.12. The van der Waals surface area contributed by atoms with Gasteiger partial charge in [-0.15, -0.1) is 11.3 Å². The number of thiophene rings is 1. The largest absolute Gasteiger partial charge is 0.327 e. The first-order chi connectivity index (χ1) is 11.6. The molecule has 1 aromatic heterocycles. The molecule has 24 heavy (non-hydrogen) atoms. The number of carbonyl (C=O) groups is 2. The highest BCUT2D eigenvalue weighted by atomic mass is 32.1. The van der Waals surface area contributed by atoms with Gasteiger partial charge in [-0.1, -0.05) is 18.2 Å². The third-order valence-electron chi connectivity index (χ3n) is 4.05. The number of nitrogens with one attached hydrogen (secondary N) is 2. The number of quaternary nitrogens is 1. The van der Waals surface area contributed by atoms with Crippen LogP contribution in [0.4, 0.5) is 10.1 Å². The lowest BCUT2D eigenvalue weighted by Crippen LogP contribution is -3.15. The van der Waals surface area contributed by atoms with Crippen molar-refractivity contribution in [1.82, 2.24) is 4.90 Å². The van der Waals surface area contributed by atoms with Gasteiger partial charge in [0.2, 0.25) is 0 Å². The van der Waals surface area contributed by atoms with Gasteiger partial charge in [0, 0.05) is 0 Å². The van der Waals surface area contributed by atoms with Gasteiger partial charge in [-0.05, 0) is 23.6 Å². The zero-order valence-corrected chi connectivity index (χ0v) is 13.9. The molecule has 0 aliphatic carbocycles. The number of carbonyl (C=O) groups excluding carboxylic acids is 2. The molecule has 0 spiro atoms.